The van der Waals surface area contributed by atoms with Gasteiger partial charge in [0.1, 0.15) is 0 Å². The van der Waals surface area contributed by atoms with Crippen LogP contribution in [0.4, 0.5) is 0 Å². The molecule has 0 amide bonds. The maximum atomic E-state index is 9.92. The van der Waals surface area contributed by atoms with Crippen LogP contribution in [0.1, 0.15) is 0 Å². The highest BCUT2D eigenvalue weighted by atomic mass is 32.3. The average Bonchev–Trinajstić information content (AvgIpc) is 2.05. The van der Waals surface area contributed by atoms with Crippen LogP contribution in [-0.2, 0) is 18.8 Å². The third-order valence-corrected chi connectivity index (χ3v) is 1.53. The van der Waals surface area contributed by atoms with E-state index in [4.69, 9.17) is 15.3 Å². The lowest BCUT2D eigenvalue weighted by Gasteiger charge is -2.02. The van der Waals surface area contributed by atoms with Gasteiger partial charge in [-0.25, -0.2) is 0 Å². The predicted octanol–water partition coefficient (Wildman–Crippen LogP) is -2.90. The Morgan fingerprint density at radius 2 is 1.38 bits per heavy atom. The Balaban J connectivity index is 0. The SMILES string of the molecule is COS(=O)(=O)OC.NC(O)C(O)O. The summed E-state index contributed by atoms with van der Waals surface area (Å²) in [5, 5.41) is 23.5. The summed E-state index contributed by atoms with van der Waals surface area (Å²) in [7, 11) is -1.60. The summed E-state index contributed by atoms with van der Waals surface area (Å²) in [6, 6.07) is 0. The van der Waals surface area contributed by atoms with E-state index in [-0.39, 0.29) is 0 Å². The summed E-state index contributed by atoms with van der Waals surface area (Å²) in [5.74, 6) is 0. The van der Waals surface area contributed by atoms with Crippen molar-refractivity contribution >= 4 is 10.4 Å². The second kappa shape index (κ2) is 7.15. The van der Waals surface area contributed by atoms with Crippen molar-refractivity contribution in [2.24, 2.45) is 5.73 Å². The van der Waals surface area contributed by atoms with Crippen LogP contribution >= 0.6 is 0 Å². The molecule has 0 aromatic heterocycles. The molecule has 0 aromatic carbocycles. The Morgan fingerprint density at radius 1 is 1.15 bits per heavy atom. The summed E-state index contributed by atoms with van der Waals surface area (Å²) < 4.78 is 27.5. The molecule has 0 spiro atoms. The molecule has 0 bridgehead atoms. The van der Waals surface area contributed by atoms with Crippen molar-refractivity contribution in [1.29, 1.82) is 0 Å². The van der Waals surface area contributed by atoms with Crippen molar-refractivity contribution < 1.29 is 32.1 Å². The Labute approximate surface area is 75.8 Å². The Kier molecular flexibility index (Phi) is 8.35. The van der Waals surface area contributed by atoms with Crippen LogP contribution in [0.25, 0.3) is 0 Å². The van der Waals surface area contributed by atoms with Gasteiger partial charge in [-0.2, -0.15) is 8.42 Å². The zero-order chi connectivity index (χ0) is 11.1. The van der Waals surface area contributed by atoms with Gasteiger partial charge in [0.15, 0.2) is 12.5 Å². The molecule has 0 heterocycles. The minimum absolute atomic E-state index is 1.03. The number of nitrogens with two attached hydrogens (primary N) is 1. The smallest absolute Gasteiger partial charge is 0.373 e. The third kappa shape index (κ3) is 11.7. The molecule has 0 radical (unpaired) electrons. The lowest BCUT2D eigenvalue weighted by Crippen LogP contribution is -2.33. The number of hydrogen-bond acceptors (Lipinski definition) is 8. The van der Waals surface area contributed by atoms with Crippen molar-refractivity contribution in [3.63, 3.8) is 0 Å². The Bertz CT molecular complexity index is 183. The lowest BCUT2D eigenvalue weighted by molar-refractivity contribution is -0.119. The van der Waals surface area contributed by atoms with E-state index >= 15 is 0 Å². The van der Waals surface area contributed by atoms with Crippen LogP contribution < -0.4 is 5.73 Å². The van der Waals surface area contributed by atoms with Gasteiger partial charge in [0.05, 0.1) is 14.2 Å². The summed E-state index contributed by atoms with van der Waals surface area (Å²) >= 11 is 0. The fraction of sp³-hybridized carbons (Fsp3) is 1.00. The van der Waals surface area contributed by atoms with E-state index in [1.165, 1.54) is 0 Å². The van der Waals surface area contributed by atoms with Gasteiger partial charge < -0.3 is 21.1 Å². The van der Waals surface area contributed by atoms with Gasteiger partial charge in [-0.3, -0.25) is 8.37 Å². The van der Waals surface area contributed by atoms with Crippen LogP contribution in [0.3, 0.4) is 0 Å². The first kappa shape index (κ1) is 15.2. The van der Waals surface area contributed by atoms with E-state index < -0.39 is 22.9 Å². The van der Waals surface area contributed by atoms with E-state index in [0.717, 1.165) is 14.2 Å². The van der Waals surface area contributed by atoms with Gasteiger partial charge in [0.25, 0.3) is 0 Å². The molecule has 13 heavy (non-hydrogen) atoms. The fourth-order valence-corrected chi connectivity index (χ4v) is 0.204. The molecule has 0 saturated heterocycles. The molecule has 0 fully saturated rings. The van der Waals surface area contributed by atoms with Crippen molar-refractivity contribution in [2.75, 3.05) is 14.2 Å². The minimum Gasteiger partial charge on any atom is -0.373 e. The van der Waals surface area contributed by atoms with Gasteiger partial charge in [-0.1, -0.05) is 0 Å². The molecule has 8 nitrogen and oxygen atoms in total. The zero-order valence-corrected chi connectivity index (χ0v) is 7.93. The fourth-order valence-electron chi connectivity index (χ4n) is 0.0680. The highest BCUT2D eigenvalue weighted by molar-refractivity contribution is 7.81. The van der Waals surface area contributed by atoms with Crippen molar-refractivity contribution in [3.05, 3.63) is 0 Å². The zero-order valence-electron chi connectivity index (χ0n) is 7.11. The number of aliphatic hydroxyl groups excluding tert-OH is 2. The molecule has 0 saturated carbocycles. The van der Waals surface area contributed by atoms with Crippen LogP contribution in [-0.4, -0.2) is 50.5 Å². The number of hydrogen-bond donors (Lipinski definition) is 4. The van der Waals surface area contributed by atoms with E-state index in [9.17, 15) is 8.42 Å². The second-order valence-electron chi connectivity index (χ2n) is 1.65. The first-order chi connectivity index (χ1) is 5.76. The predicted molar refractivity (Wildman–Crippen MR) is 41.4 cm³/mol. The molecule has 0 aromatic rings. The average molecular weight is 219 g/mol. The molecule has 0 aliphatic heterocycles. The maximum absolute atomic E-state index is 9.92. The summed E-state index contributed by atoms with van der Waals surface area (Å²) in [4.78, 5) is 0. The standard InChI is InChI=1S/C2H7NO3.C2H6O4S/c3-1(4)2(5)6;1-5-7(3,4)6-2/h1-2,4-6H,3H2;1-2H3. The van der Waals surface area contributed by atoms with Crippen LogP contribution in [0.5, 0.6) is 0 Å². The molecule has 5 N–H and O–H groups in total. The molecule has 0 aliphatic carbocycles. The van der Waals surface area contributed by atoms with Crippen molar-refractivity contribution in [3.8, 4) is 0 Å². The van der Waals surface area contributed by atoms with E-state index in [1.807, 2.05) is 0 Å². The second-order valence-corrected chi connectivity index (χ2v) is 3.13. The third-order valence-electron chi connectivity index (χ3n) is 0.714. The van der Waals surface area contributed by atoms with Crippen LogP contribution in [0.15, 0.2) is 0 Å². The van der Waals surface area contributed by atoms with Gasteiger partial charge in [0, 0.05) is 0 Å². The molecular formula is C4H13NO7S. The van der Waals surface area contributed by atoms with Crippen LogP contribution in [0.2, 0.25) is 0 Å². The highest BCUT2D eigenvalue weighted by Crippen LogP contribution is 1.85. The molecule has 1 atom stereocenters. The Hall–Kier alpha value is -0.290. The van der Waals surface area contributed by atoms with Gasteiger partial charge in [0.2, 0.25) is 0 Å². The number of rotatable bonds is 3. The van der Waals surface area contributed by atoms with Gasteiger partial charge >= 0.3 is 10.4 Å². The van der Waals surface area contributed by atoms with E-state index in [2.05, 4.69) is 14.1 Å². The maximum Gasteiger partial charge on any atom is 0.399 e. The van der Waals surface area contributed by atoms with Gasteiger partial charge in [-0.05, 0) is 0 Å². The summed E-state index contributed by atoms with van der Waals surface area (Å²) in [5.41, 5.74) is 4.49. The topological polar surface area (TPSA) is 139 Å². The minimum atomic E-state index is -3.66. The van der Waals surface area contributed by atoms with Gasteiger partial charge in [-0.15, -0.1) is 0 Å². The van der Waals surface area contributed by atoms with Crippen LogP contribution in [0, 0.1) is 0 Å². The molecule has 1 unspecified atom stereocenters. The van der Waals surface area contributed by atoms with Crippen molar-refractivity contribution in [1.82, 2.24) is 0 Å². The number of aliphatic hydroxyl groups is 3. The largest absolute Gasteiger partial charge is 0.399 e. The first-order valence-electron chi connectivity index (χ1n) is 2.92. The molecule has 0 aliphatic rings. The van der Waals surface area contributed by atoms with E-state index in [0.29, 0.717) is 0 Å². The summed E-state index contributed by atoms with van der Waals surface area (Å²) in [6.07, 6.45) is -3.35. The Morgan fingerprint density at radius 3 is 1.38 bits per heavy atom. The lowest BCUT2D eigenvalue weighted by atomic mass is 10.6. The molecule has 9 heteroatoms. The van der Waals surface area contributed by atoms with Crippen molar-refractivity contribution in [2.45, 2.75) is 12.5 Å². The highest BCUT2D eigenvalue weighted by Gasteiger charge is 2.02. The molecule has 82 valence electrons. The monoisotopic (exact) mass is 219 g/mol. The normalized spacial score (nSPS) is 13.5. The summed E-state index contributed by atoms with van der Waals surface area (Å²) in [6.45, 7) is 0. The molecular weight excluding hydrogens is 206 g/mol. The van der Waals surface area contributed by atoms with E-state index in [1.54, 1.807) is 0 Å². The quantitative estimate of drug-likeness (QED) is 0.370. The first-order valence-corrected chi connectivity index (χ1v) is 4.26. The molecule has 0 rings (SSSR count).